The zero-order chi connectivity index (χ0) is 18.9. The standard InChI is InChI=1S/C17H18N4O4S/c1-10-9-26-16(25)21(10)7-6-13(22)18-12-5-3-4-11(8-12)17(2)14(23)19-15(24)20-17/h3-5,8-9H,6-7H2,1-2H3,(H,18,22)(H2,19,20,23,24). The monoisotopic (exact) mass is 374 g/mol. The number of hydrogen-bond donors (Lipinski definition) is 3. The number of nitrogens with one attached hydrogen (secondary N) is 3. The summed E-state index contributed by atoms with van der Waals surface area (Å²) in [6.45, 7) is 3.72. The molecule has 2 aromatic rings. The zero-order valence-corrected chi connectivity index (χ0v) is 15.1. The molecule has 0 radical (unpaired) electrons. The van der Waals surface area contributed by atoms with Crippen molar-refractivity contribution in [1.82, 2.24) is 15.2 Å². The van der Waals surface area contributed by atoms with Crippen molar-refractivity contribution in [2.24, 2.45) is 0 Å². The van der Waals surface area contributed by atoms with Crippen LogP contribution in [0.25, 0.3) is 0 Å². The third kappa shape index (κ3) is 3.38. The lowest BCUT2D eigenvalue weighted by atomic mass is 9.92. The maximum Gasteiger partial charge on any atom is 0.322 e. The number of nitrogens with zero attached hydrogens (tertiary/aromatic N) is 1. The fourth-order valence-corrected chi connectivity index (χ4v) is 3.53. The lowest BCUT2D eigenvalue weighted by molar-refractivity contribution is -0.123. The van der Waals surface area contributed by atoms with E-state index in [-0.39, 0.29) is 17.2 Å². The smallest absolute Gasteiger partial charge is 0.322 e. The summed E-state index contributed by atoms with van der Waals surface area (Å²) < 4.78 is 1.56. The molecule has 1 atom stereocenters. The summed E-state index contributed by atoms with van der Waals surface area (Å²) >= 11 is 1.11. The molecule has 8 nitrogen and oxygen atoms in total. The van der Waals surface area contributed by atoms with Gasteiger partial charge in [-0.2, -0.15) is 0 Å². The first kappa shape index (κ1) is 17.9. The van der Waals surface area contributed by atoms with Gasteiger partial charge in [0.2, 0.25) is 5.91 Å². The average molecular weight is 374 g/mol. The molecule has 4 amide bonds. The van der Waals surface area contributed by atoms with Gasteiger partial charge in [0.05, 0.1) is 0 Å². The fourth-order valence-electron chi connectivity index (χ4n) is 2.77. The molecule has 1 saturated heterocycles. The average Bonchev–Trinajstić information content (AvgIpc) is 3.04. The van der Waals surface area contributed by atoms with E-state index in [2.05, 4.69) is 16.0 Å². The summed E-state index contributed by atoms with van der Waals surface area (Å²) in [6, 6.07) is 6.19. The number of carbonyl (C=O) groups excluding carboxylic acids is 3. The molecule has 1 aromatic heterocycles. The number of carbonyl (C=O) groups is 3. The van der Waals surface area contributed by atoms with E-state index in [1.807, 2.05) is 6.92 Å². The summed E-state index contributed by atoms with van der Waals surface area (Å²) in [5.41, 5.74) is 0.713. The van der Waals surface area contributed by atoms with Crippen molar-refractivity contribution < 1.29 is 14.4 Å². The van der Waals surface area contributed by atoms with Crippen LogP contribution in [0.2, 0.25) is 0 Å². The highest BCUT2D eigenvalue weighted by molar-refractivity contribution is 7.07. The van der Waals surface area contributed by atoms with Gasteiger partial charge < -0.3 is 15.2 Å². The van der Waals surface area contributed by atoms with Crippen molar-refractivity contribution >= 4 is 34.9 Å². The molecule has 0 aliphatic carbocycles. The zero-order valence-electron chi connectivity index (χ0n) is 14.3. The number of thiazole rings is 1. The molecule has 1 aromatic carbocycles. The molecule has 9 heteroatoms. The second-order valence-electron chi connectivity index (χ2n) is 6.21. The van der Waals surface area contributed by atoms with E-state index in [1.54, 1.807) is 41.1 Å². The molecule has 1 fully saturated rings. The largest absolute Gasteiger partial charge is 0.326 e. The predicted octanol–water partition coefficient (Wildman–Crippen LogP) is 1.30. The molecule has 0 spiro atoms. The molecule has 3 N–H and O–H groups in total. The summed E-state index contributed by atoms with van der Waals surface area (Å²) in [5.74, 6) is -0.692. The first-order valence-electron chi connectivity index (χ1n) is 7.98. The minimum atomic E-state index is -1.18. The third-order valence-corrected chi connectivity index (χ3v) is 5.19. The number of urea groups is 1. The highest BCUT2D eigenvalue weighted by Crippen LogP contribution is 2.26. The second-order valence-corrected chi connectivity index (χ2v) is 7.03. The summed E-state index contributed by atoms with van der Waals surface area (Å²) in [7, 11) is 0. The Balaban J connectivity index is 1.69. The number of rotatable bonds is 5. The lowest BCUT2D eigenvalue weighted by Crippen LogP contribution is -2.40. The van der Waals surface area contributed by atoms with Crippen LogP contribution in [0.3, 0.4) is 0 Å². The third-order valence-electron chi connectivity index (χ3n) is 4.31. The Morgan fingerprint density at radius 3 is 2.69 bits per heavy atom. The molecule has 2 heterocycles. The summed E-state index contributed by atoms with van der Waals surface area (Å²) in [4.78, 5) is 47.2. The number of hydrogen-bond acceptors (Lipinski definition) is 5. The first-order chi connectivity index (χ1) is 12.3. The van der Waals surface area contributed by atoms with Crippen LogP contribution >= 0.6 is 11.3 Å². The van der Waals surface area contributed by atoms with Gasteiger partial charge in [0.1, 0.15) is 5.54 Å². The first-order valence-corrected chi connectivity index (χ1v) is 8.86. The van der Waals surface area contributed by atoms with Crippen molar-refractivity contribution in [3.63, 3.8) is 0 Å². The topological polar surface area (TPSA) is 109 Å². The number of amides is 4. The van der Waals surface area contributed by atoms with Crippen molar-refractivity contribution in [3.8, 4) is 0 Å². The molecule has 136 valence electrons. The van der Waals surface area contributed by atoms with E-state index in [1.165, 1.54) is 0 Å². The number of anilines is 1. The Hall–Kier alpha value is -2.94. The van der Waals surface area contributed by atoms with Gasteiger partial charge in [0.15, 0.2) is 0 Å². The quantitative estimate of drug-likeness (QED) is 0.685. The molecule has 0 saturated carbocycles. The molecule has 1 unspecified atom stereocenters. The SMILES string of the molecule is Cc1csc(=O)n1CCC(=O)Nc1cccc(C2(C)NC(=O)NC2=O)c1. The lowest BCUT2D eigenvalue weighted by Gasteiger charge is -2.21. The fraction of sp³-hybridized carbons (Fsp3) is 0.294. The number of imide groups is 1. The van der Waals surface area contributed by atoms with E-state index < -0.39 is 17.5 Å². The number of benzene rings is 1. The molecular formula is C17H18N4O4S. The minimum Gasteiger partial charge on any atom is -0.326 e. The van der Waals surface area contributed by atoms with Gasteiger partial charge in [-0.25, -0.2) is 4.79 Å². The van der Waals surface area contributed by atoms with Gasteiger partial charge >= 0.3 is 10.9 Å². The van der Waals surface area contributed by atoms with Gasteiger partial charge in [-0.05, 0) is 31.5 Å². The molecule has 1 aliphatic rings. The Kier molecular flexibility index (Phi) is 4.64. The van der Waals surface area contributed by atoms with E-state index in [4.69, 9.17) is 0 Å². The van der Waals surface area contributed by atoms with Crippen molar-refractivity contribution in [3.05, 3.63) is 50.6 Å². The minimum absolute atomic E-state index is 0.0896. The van der Waals surface area contributed by atoms with Gasteiger partial charge in [0, 0.05) is 29.7 Å². The highest BCUT2D eigenvalue weighted by Gasteiger charge is 2.43. The van der Waals surface area contributed by atoms with Gasteiger partial charge in [0.25, 0.3) is 5.91 Å². The molecule has 1 aliphatic heterocycles. The van der Waals surface area contributed by atoms with Gasteiger partial charge in [-0.1, -0.05) is 23.5 Å². The van der Waals surface area contributed by atoms with Crippen LogP contribution in [0.5, 0.6) is 0 Å². The maximum absolute atomic E-state index is 12.2. The molecule has 3 rings (SSSR count). The van der Waals surface area contributed by atoms with Crippen LogP contribution in [-0.4, -0.2) is 22.4 Å². The summed E-state index contributed by atoms with van der Waals surface area (Å²) in [6.07, 6.45) is 0.149. The summed E-state index contributed by atoms with van der Waals surface area (Å²) in [5, 5.41) is 9.30. The van der Waals surface area contributed by atoms with Crippen molar-refractivity contribution in [2.75, 3.05) is 5.32 Å². The van der Waals surface area contributed by atoms with E-state index in [9.17, 15) is 19.2 Å². The van der Waals surface area contributed by atoms with Crippen LogP contribution in [-0.2, 0) is 21.7 Å². The van der Waals surface area contributed by atoms with Gasteiger partial charge in [-0.15, -0.1) is 0 Å². The van der Waals surface area contributed by atoms with Crippen molar-refractivity contribution in [2.45, 2.75) is 32.4 Å². The van der Waals surface area contributed by atoms with Crippen LogP contribution in [0.1, 0.15) is 24.6 Å². The molecule has 26 heavy (non-hydrogen) atoms. The normalized spacial score (nSPS) is 19.2. The predicted molar refractivity (Wildman–Crippen MR) is 97.0 cm³/mol. The Morgan fingerprint density at radius 1 is 1.31 bits per heavy atom. The number of aromatic nitrogens is 1. The van der Waals surface area contributed by atoms with E-state index in [0.717, 1.165) is 17.0 Å². The molecular weight excluding hydrogens is 356 g/mol. The Morgan fingerprint density at radius 2 is 2.08 bits per heavy atom. The van der Waals surface area contributed by atoms with Crippen LogP contribution in [0, 0.1) is 6.92 Å². The second kappa shape index (κ2) is 6.75. The van der Waals surface area contributed by atoms with E-state index >= 15 is 0 Å². The maximum atomic E-state index is 12.2. The number of aryl methyl sites for hydroxylation is 1. The van der Waals surface area contributed by atoms with Crippen LogP contribution in [0.15, 0.2) is 34.4 Å². The Bertz CT molecular complexity index is 948. The van der Waals surface area contributed by atoms with Gasteiger partial charge in [-0.3, -0.25) is 19.7 Å². The highest BCUT2D eigenvalue weighted by atomic mass is 32.1. The van der Waals surface area contributed by atoms with Crippen molar-refractivity contribution in [1.29, 1.82) is 0 Å². The van der Waals surface area contributed by atoms with E-state index in [0.29, 0.717) is 17.8 Å². The Labute approximate surface area is 153 Å². The van der Waals surface area contributed by atoms with Crippen LogP contribution < -0.4 is 20.8 Å². The van der Waals surface area contributed by atoms with Crippen LogP contribution in [0.4, 0.5) is 10.5 Å². The molecule has 0 bridgehead atoms.